The first kappa shape index (κ1) is 16.4. The summed E-state index contributed by atoms with van der Waals surface area (Å²) in [4.78, 5) is 17.0. The van der Waals surface area contributed by atoms with Gasteiger partial charge in [0.1, 0.15) is 15.6 Å². The number of carbonyl (C=O) groups excluding carboxylic acids is 1. The molecule has 2 aliphatic heterocycles. The lowest BCUT2D eigenvalue weighted by atomic mass is 10.00. The molecule has 25 heavy (non-hydrogen) atoms. The monoisotopic (exact) mass is 375 g/mol. The molecule has 1 fully saturated rings. The van der Waals surface area contributed by atoms with Crippen molar-refractivity contribution in [2.75, 3.05) is 13.1 Å². The van der Waals surface area contributed by atoms with Gasteiger partial charge < -0.3 is 5.32 Å². The number of carbonyl (C=O) groups is 1. The van der Waals surface area contributed by atoms with E-state index in [4.69, 9.17) is 0 Å². The second-order valence-corrected chi connectivity index (χ2v) is 9.26. The number of rotatable bonds is 3. The number of benzene rings is 1. The molecular weight excluding hydrogens is 358 g/mol. The molecule has 3 heterocycles. The minimum absolute atomic E-state index is 0.194. The number of aliphatic imine (C=N–C) groups is 1. The summed E-state index contributed by atoms with van der Waals surface area (Å²) in [5.74, 6) is -0.194. The molecule has 6 nitrogen and oxygen atoms in total. The maximum absolute atomic E-state index is 12.6. The zero-order chi connectivity index (χ0) is 17.5. The van der Waals surface area contributed by atoms with Gasteiger partial charge in [0.2, 0.25) is 0 Å². The highest BCUT2D eigenvalue weighted by Crippen LogP contribution is 2.32. The molecule has 0 aliphatic carbocycles. The van der Waals surface area contributed by atoms with Crippen LogP contribution in [0.2, 0.25) is 0 Å². The molecule has 2 aliphatic rings. The molecule has 0 atom stereocenters. The quantitative estimate of drug-likeness (QED) is 0.889. The Bertz CT molecular complexity index is 913. The molecule has 1 aromatic heterocycles. The van der Waals surface area contributed by atoms with Crippen LogP contribution < -0.4 is 5.32 Å². The molecule has 1 aromatic carbocycles. The Hall–Kier alpha value is -2.03. The summed E-state index contributed by atoms with van der Waals surface area (Å²) in [6.45, 7) is 0.679. The first-order valence-corrected chi connectivity index (χ1v) is 10.3. The van der Waals surface area contributed by atoms with Gasteiger partial charge in [-0.25, -0.2) is 8.42 Å². The van der Waals surface area contributed by atoms with Crippen LogP contribution in [0.25, 0.3) is 0 Å². The van der Waals surface area contributed by atoms with Crippen LogP contribution in [-0.4, -0.2) is 43.1 Å². The Morgan fingerprint density at radius 2 is 1.80 bits per heavy atom. The normalized spacial score (nSPS) is 20.5. The van der Waals surface area contributed by atoms with Crippen molar-refractivity contribution in [3.63, 3.8) is 0 Å². The lowest BCUT2D eigenvalue weighted by molar-refractivity contribution is -0.115. The van der Waals surface area contributed by atoms with E-state index in [9.17, 15) is 13.2 Å². The number of sulfonamides is 1. The second kappa shape index (κ2) is 6.05. The van der Waals surface area contributed by atoms with Crippen LogP contribution in [0.5, 0.6) is 0 Å². The molecule has 0 saturated carbocycles. The Balaban J connectivity index is 1.54. The highest BCUT2D eigenvalue weighted by atomic mass is 32.2. The van der Waals surface area contributed by atoms with Crippen LogP contribution in [0.4, 0.5) is 0 Å². The Morgan fingerprint density at radius 1 is 1.08 bits per heavy atom. The molecule has 0 unspecified atom stereocenters. The number of thiophene rings is 1. The third kappa shape index (κ3) is 2.90. The summed E-state index contributed by atoms with van der Waals surface area (Å²) in [5.41, 5.74) is 0.518. The molecule has 1 spiro atoms. The molecule has 0 radical (unpaired) electrons. The van der Waals surface area contributed by atoms with Crippen molar-refractivity contribution in [3.05, 3.63) is 53.4 Å². The molecule has 1 saturated heterocycles. The topological polar surface area (TPSA) is 78.8 Å². The van der Waals surface area contributed by atoms with E-state index in [1.54, 1.807) is 17.5 Å². The van der Waals surface area contributed by atoms with Crippen molar-refractivity contribution in [2.45, 2.75) is 22.7 Å². The molecule has 2 aromatic rings. The van der Waals surface area contributed by atoms with Crippen LogP contribution in [0.1, 0.15) is 18.4 Å². The van der Waals surface area contributed by atoms with Crippen molar-refractivity contribution >= 4 is 33.0 Å². The average molecular weight is 375 g/mol. The number of nitrogens with zero attached hydrogens (tertiary/aromatic N) is 2. The summed E-state index contributed by atoms with van der Waals surface area (Å²) in [5, 5.41) is 4.72. The van der Waals surface area contributed by atoms with Crippen molar-refractivity contribution in [1.29, 1.82) is 0 Å². The van der Waals surface area contributed by atoms with Crippen LogP contribution in [0, 0.1) is 0 Å². The van der Waals surface area contributed by atoms with Crippen molar-refractivity contribution in [1.82, 2.24) is 9.62 Å². The second-order valence-electron chi connectivity index (χ2n) is 6.15. The van der Waals surface area contributed by atoms with E-state index in [0.717, 1.165) is 5.56 Å². The largest absolute Gasteiger partial charge is 0.326 e. The van der Waals surface area contributed by atoms with E-state index in [0.29, 0.717) is 35.9 Å². The lowest BCUT2D eigenvalue weighted by Crippen LogP contribution is -2.52. The average Bonchev–Trinajstić information content (AvgIpc) is 3.25. The SMILES string of the molecule is O=C1NC2(CCN(S(=O)(=O)c3cccs3)CC2)N=C1c1ccccc1. The fourth-order valence-electron chi connectivity index (χ4n) is 3.23. The van der Waals surface area contributed by atoms with Crippen LogP contribution in [0.3, 0.4) is 0 Å². The summed E-state index contributed by atoms with van der Waals surface area (Å²) >= 11 is 1.22. The first-order valence-electron chi connectivity index (χ1n) is 8.02. The van der Waals surface area contributed by atoms with Gasteiger partial charge in [0.25, 0.3) is 15.9 Å². The molecule has 1 N–H and O–H groups in total. The first-order chi connectivity index (χ1) is 12.0. The summed E-state index contributed by atoms with van der Waals surface area (Å²) in [7, 11) is -3.45. The smallest absolute Gasteiger partial charge is 0.272 e. The van der Waals surface area contributed by atoms with E-state index >= 15 is 0 Å². The molecule has 8 heteroatoms. The third-order valence-corrected chi connectivity index (χ3v) is 7.84. The van der Waals surface area contributed by atoms with Gasteiger partial charge in [-0.1, -0.05) is 36.4 Å². The van der Waals surface area contributed by atoms with Crippen molar-refractivity contribution < 1.29 is 13.2 Å². The Labute approximate surface area is 150 Å². The summed E-state index contributed by atoms with van der Waals surface area (Å²) in [6, 6.07) is 12.7. The van der Waals surface area contributed by atoms with E-state index in [2.05, 4.69) is 10.3 Å². The van der Waals surface area contributed by atoms with Gasteiger partial charge in [-0.05, 0) is 11.4 Å². The maximum atomic E-state index is 12.6. The summed E-state index contributed by atoms with van der Waals surface area (Å²) in [6.07, 6.45) is 0.944. The summed E-state index contributed by atoms with van der Waals surface area (Å²) < 4.78 is 27.1. The van der Waals surface area contributed by atoms with E-state index in [1.807, 2.05) is 30.3 Å². The van der Waals surface area contributed by atoms with Gasteiger partial charge in [0.05, 0.1) is 0 Å². The highest BCUT2D eigenvalue weighted by Gasteiger charge is 2.44. The van der Waals surface area contributed by atoms with Gasteiger partial charge in [-0.2, -0.15) is 4.31 Å². The van der Waals surface area contributed by atoms with Crippen LogP contribution in [0.15, 0.2) is 57.0 Å². The number of piperidine rings is 1. The van der Waals surface area contributed by atoms with Gasteiger partial charge >= 0.3 is 0 Å². The van der Waals surface area contributed by atoms with Crippen molar-refractivity contribution in [2.24, 2.45) is 4.99 Å². The van der Waals surface area contributed by atoms with E-state index in [-0.39, 0.29) is 5.91 Å². The number of amides is 1. The van der Waals surface area contributed by atoms with E-state index < -0.39 is 15.7 Å². The standard InChI is InChI=1S/C17H17N3O3S2/c21-16-15(13-5-2-1-3-6-13)18-17(19-16)8-10-20(11-9-17)25(22,23)14-7-4-12-24-14/h1-7,12H,8-11H2,(H,19,21). The number of hydrogen-bond acceptors (Lipinski definition) is 5. The third-order valence-electron chi connectivity index (χ3n) is 4.57. The zero-order valence-electron chi connectivity index (χ0n) is 13.4. The Kier molecular flexibility index (Phi) is 3.98. The van der Waals surface area contributed by atoms with Gasteiger partial charge in [-0.3, -0.25) is 9.79 Å². The highest BCUT2D eigenvalue weighted by molar-refractivity contribution is 7.91. The number of hydrogen-bond donors (Lipinski definition) is 1. The minimum Gasteiger partial charge on any atom is -0.326 e. The van der Waals surface area contributed by atoms with E-state index in [1.165, 1.54) is 15.6 Å². The fraction of sp³-hybridized carbons (Fsp3) is 0.294. The lowest BCUT2D eigenvalue weighted by Gasteiger charge is -2.36. The maximum Gasteiger partial charge on any atom is 0.272 e. The van der Waals surface area contributed by atoms with Crippen molar-refractivity contribution in [3.8, 4) is 0 Å². The predicted molar refractivity (Wildman–Crippen MR) is 96.2 cm³/mol. The predicted octanol–water partition coefficient (Wildman–Crippen LogP) is 1.85. The molecule has 1 amide bonds. The fourth-order valence-corrected chi connectivity index (χ4v) is 5.81. The molecule has 4 rings (SSSR count). The van der Waals surface area contributed by atoms with Gasteiger partial charge in [0.15, 0.2) is 0 Å². The molecular formula is C17H17N3O3S2. The Morgan fingerprint density at radius 3 is 2.44 bits per heavy atom. The zero-order valence-corrected chi connectivity index (χ0v) is 15.0. The minimum atomic E-state index is -3.45. The van der Waals surface area contributed by atoms with Crippen LogP contribution >= 0.6 is 11.3 Å². The van der Waals surface area contributed by atoms with Crippen LogP contribution in [-0.2, 0) is 14.8 Å². The van der Waals surface area contributed by atoms with Gasteiger partial charge in [-0.15, -0.1) is 11.3 Å². The number of nitrogens with one attached hydrogen (secondary N) is 1. The molecule has 130 valence electrons. The van der Waals surface area contributed by atoms with Gasteiger partial charge in [0, 0.05) is 31.5 Å². The molecule has 0 bridgehead atoms.